The van der Waals surface area contributed by atoms with Crippen LogP contribution in [0.15, 0.2) is 0 Å². The van der Waals surface area contributed by atoms with E-state index in [9.17, 15) is 8.42 Å². The summed E-state index contributed by atoms with van der Waals surface area (Å²) in [6.45, 7) is 7.09. The van der Waals surface area contributed by atoms with E-state index in [0.717, 1.165) is 12.8 Å². The van der Waals surface area contributed by atoms with E-state index in [0.29, 0.717) is 13.2 Å². The van der Waals surface area contributed by atoms with Gasteiger partial charge in [-0.1, -0.05) is 0 Å². The SMILES string of the molecule is CCOCCCC(C)(C)NS(C)(=O)=O. The summed E-state index contributed by atoms with van der Waals surface area (Å²) in [5.41, 5.74) is -0.384. The number of ether oxygens (including phenoxy) is 1. The van der Waals surface area contributed by atoms with Crippen LogP contribution in [0.25, 0.3) is 0 Å². The first-order valence-electron chi connectivity index (χ1n) is 4.83. The van der Waals surface area contributed by atoms with Crippen molar-refractivity contribution in [1.29, 1.82) is 0 Å². The first kappa shape index (κ1) is 13.9. The highest BCUT2D eigenvalue weighted by molar-refractivity contribution is 7.88. The van der Waals surface area contributed by atoms with Crippen molar-refractivity contribution in [3.63, 3.8) is 0 Å². The second-order valence-electron chi connectivity index (χ2n) is 4.06. The van der Waals surface area contributed by atoms with Gasteiger partial charge in [0.1, 0.15) is 0 Å². The van der Waals surface area contributed by atoms with Gasteiger partial charge in [-0.05, 0) is 33.6 Å². The van der Waals surface area contributed by atoms with E-state index in [1.54, 1.807) is 0 Å². The van der Waals surface area contributed by atoms with E-state index in [1.165, 1.54) is 6.26 Å². The van der Waals surface area contributed by atoms with Crippen LogP contribution in [0.3, 0.4) is 0 Å². The second kappa shape index (κ2) is 5.68. The highest BCUT2D eigenvalue weighted by atomic mass is 32.2. The molecule has 0 spiro atoms. The lowest BCUT2D eigenvalue weighted by atomic mass is 10.0. The van der Waals surface area contributed by atoms with Gasteiger partial charge < -0.3 is 4.74 Å². The molecule has 0 aliphatic rings. The molecule has 4 nitrogen and oxygen atoms in total. The highest BCUT2D eigenvalue weighted by Gasteiger charge is 2.21. The van der Waals surface area contributed by atoms with Crippen molar-refractivity contribution in [1.82, 2.24) is 4.72 Å². The van der Waals surface area contributed by atoms with E-state index in [1.807, 2.05) is 20.8 Å². The van der Waals surface area contributed by atoms with Crippen molar-refractivity contribution in [2.75, 3.05) is 19.5 Å². The molecule has 0 saturated carbocycles. The van der Waals surface area contributed by atoms with Gasteiger partial charge in [0.05, 0.1) is 6.26 Å². The Hall–Kier alpha value is -0.130. The molecule has 0 unspecified atom stereocenters. The summed E-state index contributed by atoms with van der Waals surface area (Å²) in [4.78, 5) is 0. The summed E-state index contributed by atoms with van der Waals surface area (Å²) >= 11 is 0. The van der Waals surface area contributed by atoms with Crippen LogP contribution in [0.1, 0.15) is 33.6 Å². The largest absolute Gasteiger partial charge is 0.382 e. The van der Waals surface area contributed by atoms with Crippen LogP contribution >= 0.6 is 0 Å². The van der Waals surface area contributed by atoms with Gasteiger partial charge in [0.15, 0.2) is 0 Å². The number of hydrogen-bond donors (Lipinski definition) is 1. The van der Waals surface area contributed by atoms with E-state index in [4.69, 9.17) is 4.74 Å². The van der Waals surface area contributed by atoms with Crippen LogP contribution in [-0.4, -0.2) is 33.4 Å². The van der Waals surface area contributed by atoms with Crippen LogP contribution in [0.2, 0.25) is 0 Å². The Bertz CT molecular complexity index is 247. The van der Waals surface area contributed by atoms with Crippen molar-refractivity contribution in [3.8, 4) is 0 Å². The first-order valence-corrected chi connectivity index (χ1v) is 6.73. The molecule has 0 aliphatic heterocycles. The normalized spacial score (nSPS) is 13.1. The topological polar surface area (TPSA) is 55.4 Å². The van der Waals surface area contributed by atoms with Gasteiger partial charge in [-0.2, -0.15) is 0 Å². The average molecular weight is 223 g/mol. The number of rotatable bonds is 7. The van der Waals surface area contributed by atoms with Crippen molar-refractivity contribution < 1.29 is 13.2 Å². The third-order valence-electron chi connectivity index (χ3n) is 1.76. The zero-order valence-electron chi connectivity index (χ0n) is 9.46. The summed E-state index contributed by atoms with van der Waals surface area (Å²) < 4.78 is 29.8. The van der Waals surface area contributed by atoms with Crippen molar-refractivity contribution in [2.45, 2.75) is 39.2 Å². The highest BCUT2D eigenvalue weighted by Crippen LogP contribution is 2.12. The van der Waals surface area contributed by atoms with Crippen LogP contribution in [0.5, 0.6) is 0 Å². The summed E-state index contributed by atoms with van der Waals surface area (Å²) in [6, 6.07) is 0. The van der Waals surface area contributed by atoms with Gasteiger partial charge in [0, 0.05) is 18.8 Å². The van der Waals surface area contributed by atoms with Crippen molar-refractivity contribution in [2.24, 2.45) is 0 Å². The zero-order chi connectivity index (χ0) is 11.2. The Morgan fingerprint density at radius 2 is 1.93 bits per heavy atom. The Labute approximate surface area is 87.1 Å². The minimum absolute atomic E-state index is 0.384. The smallest absolute Gasteiger partial charge is 0.209 e. The summed E-state index contributed by atoms with van der Waals surface area (Å²) in [7, 11) is -3.12. The Morgan fingerprint density at radius 1 is 1.36 bits per heavy atom. The standard InChI is InChI=1S/C9H21NO3S/c1-5-13-8-6-7-9(2,3)10-14(4,11)12/h10H,5-8H2,1-4H3. The lowest BCUT2D eigenvalue weighted by Crippen LogP contribution is -2.42. The summed E-state index contributed by atoms with van der Waals surface area (Å²) in [6.07, 6.45) is 2.82. The van der Waals surface area contributed by atoms with Crippen LogP contribution in [-0.2, 0) is 14.8 Å². The number of hydrogen-bond acceptors (Lipinski definition) is 3. The van der Waals surface area contributed by atoms with Gasteiger partial charge in [0.2, 0.25) is 10.0 Å². The molecule has 1 N–H and O–H groups in total. The van der Waals surface area contributed by atoms with Crippen LogP contribution in [0, 0.1) is 0 Å². The summed E-state index contributed by atoms with van der Waals surface area (Å²) in [5, 5.41) is 0. The minimum Gasteiger partial charge on any atom is -0.382 e. The molecule has 0 bridgehead atoms. The maximum Gasteiger partial charge on any atom is 0.209 e. The van der Waals surface area contributed by atoms with Crippen LogP contribution < -0.4 is 4.72 Å². The fourth-order valence-electron chi connectivity index (χ4n) is 1.31. The van der Waals surface area contributed by atoms with Crippen molar-refractivity contribution in [3.05, 3.63) is 0 Å². The van der Waals surface area contributed by atoms with Gasteiger partial charge in [0.25, 0.3) is 0 Å². The van der Waals surface area contributed by atoms with Gasteiger partial charge in [-0.25, -0.2) is 13.1 Å². The summed E-state index contributed by atoms with van der Waals surface area (Å²) in [5.74, 6) is 0. The lowest BCUT2D eigenvalue weighted by molar-refractivity contribution is 0.138. The predicted octanol–water partition coefficient (Wildman–Crippen LogP) is 1.13. The molecule has 0 rings (SSSR count). The molecule has 0 amide bonds. The molecule has 0 aromatic carbocycles. The van der Waals surface area contributed by atoms with E-state index in [2.05, 4.69) is 4.72 Å². The zero-order valence-corrected chi connectivity index (χ0v) is 10.3. The van der Waals surface area contributed by atoms with Crippen LogP contribution in [0.4, 0.5) is 0 Å². The molecular weight excluding hydrogens is 202 g/mol. The van der Waals surface area contributed by atoms with E-state index >= 15 is 0 Å². The number of sulfonamides is 1. The monoisotopic (exact) mass is 223 g/mol. The number of nitrogens with one attached hydrogen (secondary N) is 1. The van der Waals surface area contributed by atoms with Crippen molar-refractivity contribution >= 4 is 10.0 Å². The molecule has 0 aromatic rings. The Kier molecular flexibility index (Phi) is 5.63. The van der Waals surface area contributed by atoms with E-state index in [-0.39, 0.29) is 5.54 Å². The molecule has 0 aliphatic carbocycles. The molecule has 14 heavy (non-hydrogen) atoms. The molecule has 5 heteroatoms. The predicted molar refractivity (Wildman–Crippen MR) is 57.8 cm³/mol. The molecule has 0 atom stereocenters. The third-order valence-corrected chi connectivity index (χ3v) is 2.68. The van der Waals surface area contributed by atoms with Gasteiger partial charge >= 0.3 is 0 Å². The molecule has 0 radical (unpaired) electrons. The fourth-order valence-corrected chi connectivity index (χ4v) is 2.42. The maximum absolute atomic E-state index is 11.0. The van der Waals surface area contributed by atoms with Gasteiger partial charge in [-0.3, -0.25) is 0 Å². The maximum atomic E-state index is 11.0. The Balaban J connectivity index is 3.84. The lowest BCUT2D eigenvalue weighted by Gasteiger charge is -2.24. The average Bonchev–Trinajstić information content (AvgIpc) is 1.93. The molecule has 86 valence electrons. The third kappa shape index (κ3) is 8.47. The first-order chi connectivity index (χ1) is 6.27. The van der Waals surface area contributed by atoms with Gasteiger partial charge in [-0.15, -0.1) is 0 Å². The molecule has 0 aromatic heterocycles. The molecule has 0 heterocycles. The Morgan fingerprint density at radius 3 is 2.36 bits per heavy atom. The van der Waals surface area contributed by atoms with E-state index < -0.39 is 10.0 Å². The second-order valence-corrected chi connectivity index (χ2v) is 5.81. The molecule has 0 saturated heterocycles. The fraction of sp³-hybridized carbons (Fsp3) is 1.00. The molecular formula is C9H21NO3S. The molecule has 0 fully saturated rings. The quantitative estimate of drug-likeness (QED) is 0.658. The minimum atomic E-state index is -3.12.